The van der Waals surface area contributed by atoms with Crippen molar-refractivity contribution in [2.45, 2.75) is 19.8 Å². The number of hydrogen-bond donors (Lipinski definition) is 2. The van der Waals surface area contributed by atoms with Gasteiger partial charge < -0.3 is 15.3 Å². The maximum atomic E-state index is 12.2. The molecule has 0 bridgehead atoms. The van der Waals surface area contributed by atoms with E-state index in [1.807, 2.05) is 19.1 Å². The zero-order chi connectivity index (χ0) is 14.7. The molecule has 0 aliphatic heterocycles. The van der Waals surface area contributed by atoms with Gasteiger partial charge in [0.05, 0.1) is 5.69 Å². The van der Waals surface area contributed by atoms with Crippen molar-refractivity contribution in [3.63, 3.8) is 0 Å². The maximum absolute atomic E-state index is 12.2. The lowest BCUT2D eigenvalue weighted by Gasteiger charge is -2.21. The fraction of sp³-hybridized carbons (Fsp3) is 0.429. The number of nitrogens with one attached hydrogen (secondary N) is 1. The third kappa shape index (κ3) is 3.96. The minimum Gasteiger partial charge on any atom is -0.480 e. The Morgan fingerprint density at radius 2 is 2.15 bits per heavy atom. The van der Waals surface area contributed by atoms with Crippen LogP contribution in [0.4, 0.5) is 10.5 Å². The highest BCUT2D eigenvalue weighted by Gasteiger charge is 2.28. The van der Waals surface area contributed by atoms with Crippen LogP contribution in [0.3, 0.4) is 0 Å². The van der Waals surface area contributed by atoms with Crippen LogP contribution in [-0.4, -0.2) is 35.1 Å². The highest BCUT2D eigenvalue weighted by molar-refractivity contribution is 9.10. The number of rotatable bonds is 5. The molecule has 1 fully saturated rings. The molecular formula is C14H17BrN2O3. The number of urea groups is 1. The van der Waals surface area contributed by atoms with Gasteiger partial charge in [0.1, 0.15) is 6.54 Å². The smallest absolute Gasteiger partial charge is 0.323 e. The molecule has 5 nitrogen and oxygen atoms in total. The molecule has 2 amide bonds. The van der Waals surface area contributed by atoms with Crippen LogP contribution in [0.25, 0.3) is 0 Å². The Balaban J connectivity index is 2.06. The monoisotopic (exact) mass is 340 g/mol. The molecule has 1 aliphatic carbocycles. The Labute approximate surface area is 126 Å². The summed E-state index contributed by atoms with van der Waals surface area (Å²) in [6.45, 7) is 2.16. The van der Waals surface area contributed by atoms with Crippen LogP contribution in [0.1, 0.15) is 18.4 Å². The number of anilines is 1. The number of aryl methyl sites for hydroxylation is 1. The van der Waals surface area contributed by atoms with Crippen LogP contribution in [0.5, 0.6) is 0 Å². The zero-order valence-electron chi connectivity index (χ0n) is 11.2. The van der Waals surface area contributed by atoms with E-state index in [2.05, 4.69) is 21.2 Å². The van der Waals surface area contributed by atoms with E-state index in [4.69, 9.17) is 5.11 Å². The van der Waals surface area contributed by atoms with E-state index in [0.717, 1.165) is 22.9 Å². The molecule has 1 aromatic carbocycles. The first-order valence-electron chi connectivity index (χ1n) is 6.50. The first-order chi connectivity index (χ1) is 9.47. The number of carbonyl (C=O) groups excluding carboxylic acids is 1. The normalized spacial score (nSPS) is 13.9. The second-order valence-electron chi connectivity index (χ2n) is 5.08. The van der Waals surface area contributed by atoms with Crippen molar-refractivity contribution in [1.29, 1.82) is 0 Å². The SMILES string of the molecule is Cc1cccc(NC(=O)N(CC(=O)O)CC2CC2)c1Br. The Bertz CT molecular complexity index is 529. The van der Waals surface area contributed by atoms with E-state index in [1.165, 1.54) is 4.90 Å². The maximum Gasteiger partial charge on any atom is 0.323 e. The summed E-state index contributed by atoms with van der Waals surface area (Å²) in [5, 5.41) is 11.7. The highest BCUT2D eigenvalue weighted by atomic mass is 79.9. The summed E-state index contributed by atoms with van der Waals surface area (Å²) in [5.74, 6) is -0.551. The lowest BCUT2D eigenvalue weighted by molar-refractivity contribution is -0.137. The number of halogens is 1. The molecule has 0 aromatic heterocycles. The van der Waals surface area contributed by atoms with Crippen molar-refractivity contribution in [3.8, 4) is 0 Å². The molecule has 2 rings (SSSR count). The molecule has 6 heteroatoms. The third-order valence-corrected chi connectivity index (χ3v) is 4.27. The molecule has 1 aromatic rings. The Hall–Kier alpha value is -1.56. The Morgan fingerprint density at radius 3 is 2.75 bits per heavy atom. The van der Waals surface area contributed by atoms with Crippen molar-refractivity contribution >= 4 is 33.6 Å². The number of aliphatic carboxylic acids is 1. The molecule has 108 valence electrons. The van der Waals surface area contributed by atoms with Crippen LogP contribution in [0.15, 0.2) is 22.7 Å². The van der Waals surface area contributed by atoms with Gasteiger partial charge in [0.15, 0.2) is 0 Å². The average molecular weight is 341 g/mol. The van der Waals surface area contributed by atoms with E-state index >= 15 is 0 Å². The van der Waals surface area contributed by atoms with Gasteiger partial charge in [-0.15, -0.1) is 0 Å². The third-order valence-electron chi connectivity index (χ3n) is 3.22. The fourth-order valence-electron chi connectivity index (χ4n) is 1.93. The number of carbonyl (C=O) groups is 2. The molecular weight excluding hydrogens is 324 g/mol. The minimum atomic E-state index is -0.996. The van der Waals surface area contributed by atoms with E-state index in [9.17, 15) is 9.59 Å². The highest BCUT2D eigenvalue weighted by Crippen LogP contribution is 2.30. The van der Waals surface area contributed by atoms with Gasteiger partial charge in [-0.2, -0.15) is 0 Å². The Morgan fingerprint density at radius 1 is 1.45 bits per heavy atom. The molecule has 2 N–H and O–H groups in total. The molecule has 0 heterocycles. The Kier molecular flexibility index (Phi) is 4.65. The number of amides is 2. The minimum absolute atomic E-state index is 0.272. The van der Waals surface area contributed by atoms with Crippen LogP contribution in [-0.2, 0) is 4.79 Å². The lowest BCUT2D eigenvalue weighted by atomic mass is 10.2. The van der Waals surface area contributed by atoms with E-state index in [0.29, 0.717) is 18.2 Å². The molecule has 1 saturated carbocycles. The van der Waals surface area contributed by atoms with Gasteiger partial charge in [0.25, 0.3) is 0 Å². The van der Waals surface area contributed by atoms with Crippen LogP contribution < -0.4 is 5.32 Å². The van der Waals surface area contributed by atoms with Crippen molar-refractivity contribution in [3.05, 3.63) is 28.2 Å². The number of carboxylic acids is 1. The van der Waals surface area contributed by atoms with Crippen LogP contribution in [0.2, 0.25) is 0 Å². The summed E-state index contributed by atoms with van der Waals surface area (Å²) in [4.78, 5) is 24.4. The second kappa shape index (κ2) is 6.26. The zero-order valence-corrected chi connectivity index (χ0v) is 12.8. The van der Waals surface area contributed by atoms with Crippen molar-refractivity contribution in [1.82, 2.24) is 4.90 Å². The van der Waals surface area contributed by atoms with Gasteiger partial charge in [-0.25, -0.2) is 4.79 Å². The van der Waals surface area contributed by atoms with Gasteiger partial charge in [0.2, 0.25) is 0 Å². The molecule has 0 atom stereocenters. The van der Waals surface area contributed by atoms with Crippen molar-refractivity contribution in [2.75, 3.05) is 18.4 Å². The van der Waals surface area contributed by atoms with Crippen molar-refractivity contribution < 1.29 is 14.7 Å². The molecule has 1 aliphatic rings. The standard InChI is InChI=1S/C14H17BrN2O3/c1-9-3-2-4-11(13(9)15)16-14(20)17(8-12(18)19)7-10-5-6-10/h2-4,10H,5-8H2,1H3,(H,16,20)(H,18,19). The average Bonchev–Trinajstić information content (AvgIpc) is 3.17. The van der Waals surface area contributed by atoms with Gasteiger partial charge in [-0.3, -0.25) is 4.79 Å². The molecule has 0 unspecified atom stereocenters. The lowest BCUT2D eigenvalue weighted by Crippen LogP contribution is -2.40. The summed E-state index contributed by atoms with van der Waals surface area (Å²) in [7, 11) is 0. The number of nitrogens with zero attached hydrogens (tertiary/aromatic N) is 1. The van der Waals surface area contributed by atoms with Gasteiger partial charge in [0, 0.05) is 11.0 Å². The second-order valence-corrected chi connectivity index (χ2v) is 5.88. The molecule has 0 radical (unpaired) electrons. The largest absolute Gasteiger partial charge is 0.480 e. The number of carboxylic acid groups (broad SMARTS) is 1. The summed E-state index contributed by atoms with van der Waals surface area (Å²) >= 11 is 3.42. The van der Waals surface area contributed by atoms with E-state index < -0.39 is 5.97 Å². The summed E-state index contributed by atoms with van der Waals surface area (Å²) < 4.78 is 0.815. The molecule has 20 heavy (non-hydrogen) atoms. The van der Waals surface area contributed by atoms with E-state index in [-0.39, 0.29) is 12.6 Å². The fourth-order valence-corrected chi connectivity index (χ4v) is 2.30. The summed E-state index contributed by atoms with van der Waals surface area (Å²) in [5.41, 5.74) is 1.66. The summed E-state index contributed by atoms with van der Waals surface area (Å²) in [6, 6.07) is 5.19. The predicted molar refractivity (Wildman–Crippen MR) is 79.8 cm³/mol. The van der Waals surface area contributed by atoms with Gasteiger partial charge in [-0.1, -0.05) is 12.1 Å². The van der Waals surface area contributed by atoms with Crippen LogP contribution >= 0.6 is 15.9 Å². The van der Waals surface area contributed by atoms with Gasteiger partial charge in [-0.05, 0) is 53.2 Å². The topological polar surface area (TPSA) is 69.6 Å². The summed E-state index contributed by atoms with van der Waals surface area (Å²) in [6.07, 6.45) is 2.13. The van der Waals surface area contributed by atoms with E-state index in [1.54, 1.807) is 6.07 Å². The van der Waals surface area contributed by atoms with Crippen LogP contribution in [0, 0.1) is 12.8 Å². The quantitative estimate of drug-likeness (QED) is 0.865. The number of hydrogen-bond acceptors (Lipinski definition) is 2. The first kappa shape index (κ1) is 14.8. The number of benzene rings is 1. The molecule has 0 saturated heterocycles. The predicted octanol–water partition coefficient (Wildman–Crippen LogP) is 3.09. The first-order valence-corrected chi connectivity index (χ1v) is 7.29. The van der Waals surface area contributed by atoms with Gasteiger partial charge >= 0.3 is 12.0 Å². The molecule has 0 spiro atoms. The van der Waals surface area contributed by atoms with Crippen molar-refractivity contribution in [2.24, 2.45) is 5.92 Å².